The molecular weight excluding hydrogens is 308 g/mol. The maximum Gasteiger partial charge on any atom is 0.404 e. The van der Waals surface area contributed by atoms with Crippen LogP contribution in [0.5, 0.6) is 0 Å². The van der Waals surface area contributed by atoms with Crippen molar-refractivity contribution >= 4 is 12.1 Å². The van der Waals surface area contributed by atoms with E-state index in [4.69, 9.17) is 25.5 Å². The number of carboxylic acids is 1. The Morgan fingerprint density at radius 2 is 1.39 bits per heavy atom. The number of amides is 1. The van der Waals surface area contributed by atoms with Crippen molar-refractivity contribution < 1.29 is 35.1 Å². The molecule has 9 nitrogen and oxygen atoms in total. The Morgan fingerprint density at radius 3 is 1.78 bits per heavy atom. The predicted octanol–water partition coefficient (Wildman–Crippen LogP) is -0.837. The average Bonchev–Trinajstić information content (AvgIpc) is 2.48. The number of nitrogens with one attached hydrogen (secondary N) is 1. The van der Waals surface area contributed by atoms with Gasteiger partial charge >= 0.3 is 12.1 Å². The van der Waals surface area contributed by atoms with Gasteiger partial charge in [-0.1, -0.05) is 12.8 Å². The van der Waals surface area contributed by atoms with E-state index < -0.39 is 24.0 Å². The van der Waals surface area contributed by atoms with Crippen LogP contribution < -0.4 is 5.32 Å². The molecule has 0 aromatic heterocycles. The molecule has 1 aliphatic rings. The second-order valence-corrected chi connectivity index (χ2v) is 5.30. The molecule has 0 saturated heterocycles. The summed E-state index contributed by atoms with van der Waals surface area (Å²) in [6.07, 6.45) is 1.82. The number of rotatable bonds is 8. The van der Waals surface area contributed by atoms with Crippen molar-refractivity contribution in [1.82, 2.24) is 10.2 Å². The third-order valence-corrected chi connectivity index (χ3v) is 3.64. The standard InChI is InChI=1S/C8H13NO4.C6H15NO3/c10-7(11)5-3-1-2-4-6(5)9-8(12)13;8-4-1-7(2-5-9)3-6-10/h5-6,9H,1-4H2,(H,10,11)(H,12,13);8-10H,1-6H2. The van der Waals surface area contributed by atoms with Crippen molar-refractivity contribution in [1.29, 1.82) is 0 Å². The topological polar surface area (TPSA) is 151 Å². The van der Waals surface area contributed by atoms with Crippen LogP contribution in [0, 0.1) is 5.92 Å². The second kappa shape index (κ2) is 13.1. The molecular formula is C14H28N2O7. The van der Waals surface area contributed by atoms with Gasteiger partial charge in [-0.15, -0.1) is 0 Å². The number of carbonyl (C=O) groups is 2. The van der Waals surface area contributed by atoms with E-state index in [0.717, 1.165) is 12.8 Å². The fourth-order valence-electron chi connectivity index (χ4n) is 2.52. The third-order valence-electron chi connectivity index (χ3n) is 3.64. The monoisotopic (exact) mass is 336 g/mol. The van der Waals surface area contributed by atoms with E-state index in [9.17, 15) is 9.59 Å². The Labute approximate surface area is 135 Å². The summed E-state index contributed by atoms with van der Waals surface area (Å²) in [4.78, 5) is 22.8. The first-order chi connectivity index (χ1) is 11.0. The minimum absolute atomic E-state index is 0.0694. The first kappa shape index (κ1) is 21.6. The SMILES string of the molecule is O=C(O)NC1CCCCC1C(=O)O.OCCN(CCO)CCO. The molecule has 0 aromatic rings. The van der Waals surface area contributed by atoms with Gasteiger partial charge in [-0.05, 0) is 12.8 Å². The summed E-state index contributed by atoms with van der Waals surface area (Å²) in [5, 5.41) is 45.0. The Morgan fingerprint density at radius 1 is 0.913 bits per heavy atom. The lowest BCUT2D eigenvalue weighted by Crippen LogP contribution is -2.44. The van der Waals surface area contributed by atoms with Crippen LogP contribution in [0.1, 0.15) is 25.7 Å². The van der Waals surface area contributed by atoms with Gasteiger partial charge in [0.1, 0.15) is 0 Å². The molecule has 23 heavy (non-hydrogen) atoms. The lowest BCUT2D eigenvalue weighted by molar-refractivity contribution is -0.143. The van der Waals surface area contributed by atoms with Crippen LogP contribution in [0.2, 0.25) is 0 Å². The first-order valence-electron chi connectivity index (χ1n) is 7.73. The van der Waals surface area contributed by atoms with Gasteiger partial charge in [-0.2, -0.15) is 0 Å². The van der Waals surface area contributed by atoms with Crippen LogP contribution in [-0.4, -0.2) is 88.0 Å². The maximum absolute atomic E-state index is 10.7. The largest absolute Gasteiger partial charge is 0.481 e. The highest BCUT2D eigenvalue weighted by Crippen LogP contribution is 2.24. The van der Waals surface area contributed by atoms with Crippen LogP contribution in [0.15, 0.2) is 0 Å². The van der Waals surface area contributed by atoms with E-state index in [0.29, 0.717) is 32.5 Å². The van der Waals surface area contributed by atoms with Gasteiger partial charge in [0.15, 0.2) is 0 Å². The fourth-order valence-corrected chi connectivity index (χ4v) is 2.52. The highest BCUT2D eigenvalue weighted by atomic mass is 16.4. The second-order valence-electron chi connectivity index (χ2n) is 5.30. The molecule has 1 aliphatic carbocycles. The molecule has 136 valence electrons. The highest BCUT2D eigenvalue weighted by Gasteiger charge is 2.31. The van der Waals surface area contributed by atoms with Gasteiger partial charge in [-0.25, -0.2) is 4.79 Å². The molecule has 9 heteroatoms. The number of nitrogens with zero attached hydrogens (tertiary/aromatic N) is 1. The Kier molecular flexibility index (Phi) is 12.3. The summed E-state index contributed by atoms with van der Waals surface area (Å²) < 4.78 is 0. The van der Waals surface area contributed by atoms with Gasteiger partial charge in [0.25, 0.3) is 0 Å². The molecule has 0 aliphatic heterocycles. The fraction of sp³-hybridized carbons (Fsp3) is 0.857. The number of aliphatic carboxylic acids is 1. The van der Waals surface area contributed by atoms with E-state index in [2.05, 4.69) is 5.32 Å². The predicted molar refractivity (Wildman–Crippen MR) is 82.2 cm³/mol. The Bertz CT molecular complexity index is 327. The molecule has 2 unspecified atom stereocenters. The van der Waals surface area contributed by atoms with Crippen molar-refractivity contribution in [3.63, 3.8) is 0 Å². The van der Waals surface area contributed by atoms with Crippen LogP contribution in [0.3, 0.4) is 0 Å². The summed E-state index contributed by atoms with van der Waals surface area (Å²) in [6.45, 7) is 1.75. The number of hydrogen-bond donors (Lipinski definition) is 6. The molecule has 1 rings (SSSR count). The summed E-state index contributed by atoms with van der Waals surface area (Å²) >= 11 is 0. The lowest BCUT2D eigenvalue weighted by Gasteiger charge is -2.27. The smallest absolute Gasteiger partial charge is 0.404 e. The zero-order valence-electron chi connectivity index (χ0n) is 13.2. The van der Waals surface area contributed by atoms with E-state index in [1.807, 2.05) is 0 Å². The van der Waals surface area contributed by atoms with Crippen LogP contribution in [-0.2, 0) is 4.79 Å². The quantitative estimate of drug-likeness (QED) is 0.336. The zero-order valence-corrected chi connectivity index (χ0v) is 13.2. The summed E-state index contributed by atoms with van der Waals surface area (Å²) in [7, 11) is 0. The molecule has 0 heterocycles. The average molecular weight is 336 g/mol. The number of carboxylic acid groups (broad SMARTS) is 2. The minimum atomic E-state index is -1.14. The third kappa shape index (κ3) is 10.1. The molecule has 1 amide bonds. The molecule has 2 atom stereocenters. The van der Waals surface area contributed by atoms with E-state index in [1.54, 1.807) is 4.90 Å². The van der Waals surface area contributed by atoms with Crippen LogP contribution in [0.25, 0.3) is 0 Å². The zero-order chi connectivity index (χ0) is 17.7. The Hall–Kier alpha value is -1.42. The number of aliphatic hydroxyl groups excluding tert-OH is 3. The van der Waals surface area contributed by atoms with Gasteiger partial charge < -0.3 is 30.8 Å². The Balaban J connectivity index is 0.000000438. The normalized spacial score (nSPS) is 20.5. The highest BCUT2D eigenvalue weighted by molar-refractivity contribution is 5.73. The molecule has 6 N–H and O–H groups in total. The van der Waals surface area contributed by atoms with Crippen molar-refractivity contribution in [3.8, 4) is 0 Å². The summed E-state index contributed by atoms with van der Waals surface area (Å²) in [6, 6.07) is -0.413. The van der Waals surface area contributed by atoms with Gasteiger partial charge in [0.2, 0.25) is 0 Å². The van der Waals surface area contributed by atoms with Crippen LogP contribution >= 0.6 is 0 Å². The van der Waals surface area contributed by atoms with Crippen molar-refractivity contribution in [2.75, 3.05) is 39.5 Å². The van der Waals surface area contributed by atoms with Gasteiger partial charge in [0, 0.05) is 25.7 Å². The lowest BCUT2D eigenvalue weighted by atomic mass is 9.85. The molecule has 1 saturated carbocycles. The van der Waals surface area contributed by atoms with Crippen molar-refractivity contribution in [2.24, 2.45) is 5.92 Å². The maximum atomic E-state index is 10.7. The van der Waals surface area contributed by atoms with Crippen molar-refractivity contribution in [2.45, 2.75) is 31.7 Å². The minimum Gasteiger partial charge on any atom is -0.481 e. The van der Waals surface area contributed by atoms with Gasteiger partial charge in [-0.3, -0.25) is 9.69 Å². The first-order valence-corrected chi connectivity index (χ1v) is 7.73. The van der Waals surface area contributed by atoms with E-state index in [1.165, 1.54) is 0 Å². The summed E-state index contributed by atoms with van der Waals surface area (Å²) in [5.41, 5.74) is 0. The van der Waals surface area contributed by atoms with Crippen LogP contribution in [0.4, 0.5) is 4.79 Å². The molecule has 0 radical (unpaired) electrons. The molecule has 0 bridgehead atoms. The van der Waals surface area contributed by atoms with E-state index in [-0.39, 0.29) is 19.8 Å². The molecule has 0 spiro atoms. The molecule has 0 aromatic carbocycles. The van der Waals surface area contributed by atoms with Gasteiger partial charge in [0.05, 0.1) is 25.7 Å². The summed E-state index contributed by atoms with van der Waals surface area (Å²) in [5.74, 6) is -1.46. The number of aliphatic hydroxyl groups is 3. The van der Waals surface area contributed by atoms with Crippen molar-refractivity contribution in [3.05, 3.63) is 0 Å². The molecule has 1 fully saturated rings. The number of hydrogen-bond acceptors (Lipinski definition) is 6. The van der Waals surface area contributed by atoms with E-state index >= 15 is 0 Å².